The molecule has 138 valence electrons. The Balaban J connectivity index is 2.44. The van der Waals surface area contributed by atoms with E-state index in [0.29, 0.717) is 19.3 Å². The number of methoxy groups -OCH3 is 1. The van der Waals surface area contributed by atoms with Crippen molar-refractivity contribution in [3.63, 3.8) is 0 Å². The van der Waals surface area contributed by atoms with Crippen LogP contribution >= 0.6 is 0 Å². The molecule has 0 N–H and O–H groups in total. The van der Waals surface area contributed by atoms with E-state index in [9.17, 15) is 19.7 Å². The van der Waals surface area contributed by atoms with Gasteiger partial charge in [0.05, 0.1) is 19.3 Å². The molecular weight excluding hydrogens is 334 g/mol. The number of benzene rings is 1. The van der Waals surface area contributed by atoms with Gasteiger partial charge in [0, 0.05) is 6.92 Å². The molecule has 0 aliphatic carbocycles. The smallest absolute Gasteiger partial charge is 0.338 e. The molecule has 0 radical (unpaired) electrons. The fraction of sp³-hybridized carbons (Fsp3) is 0.500. The Labute approximate surface area is 144 Å². The highest BCUT2D eigenvalue weighted by atomic mass is 17.0. The summed E-state index contributed by atoms with van der Waals surface area (Å²) in [6.07, 6.45) is 1.17. The summed E-state index contributed by atoms with van der Waals surface area (Å²) in [4.78, 5) is 37.5. The molecule has 9 heteroatoms. The number of ether oxygens (including phenoxy) is 3. The standard InChI is InChI=1S/C16H21NO8/c1-11(25-17(20)21)6-4-5-9-23-16(19)13-7-8-14(24-12(2)18)15(10-13)22-3/h7-8,10-11H,4-6,9H2,1-3H3. The van der Waals surface area contributed by atoms with Gasteiger partial charge in [0.2, 0.25) is 0 Å². The van der Waals surface area contributed by atoms with Crippen molar-refractivity contribution in [2.75, 3.05) is 13.7 Å². The summed E-state index contributed by atoms with van der Waals surface area (Å²) < 4.78 is 15.2. The fourth-order valence-electron chi connectivity index (χ4n) is 2.02. The molecule has 0 aliphatic heterocycles. The molecule has 0 aliphatic rings. The van der Waals surface area contributed by atoms with Crippen molar-refractivity contribution in [3.05, 3.63) is 33.9 Å². The molecule has 1 unspecified atom stereocenters. The van der Waals surface area contributed by atoms with Gasteiger partial charge in [0.15, 0.2) is 11.5 Å². The molecule has 1 atom stereocenters. The predicted molar refractivity (Wildman–Crippen MR) is 86.0 cm³/mol. The first-order valence-electron chi connectivity index (χ1n) is 7.68. The topological polar surface area (TPSA) is 114 Å². The quantitative estimate of drug-likeness (QED) is 0.207. The van der Waals surface area contributed by atoms with Crippen LogP contribution in [-0.2, 0) is 14.4 Å². The summed E-state index contributed by atoms with van der Waals surface area (Å²) in [5.74, 6) is -0.576. The lowest BCUT2D eigenvalue weighted by Gasteiger charge is -2.11. The highest BCUT2D eigenvalue weighted by Gasteiger charge is 2.13. The van der Waals surface area contributed by atoms with Gasteiger partial charge in [-0.2, -0.15) is 0 Å². The van der Waals surface area contributed by atoms with Crippen LogP contribution in [0.15, 0.2) is 18.2 Å². The Kier molecular flexibility index (Phi) is 8.17. The Bertz CT molecular complexity index is 616. The summed E-state index contributed by atoms with van der Waals surface area (Å²) in [5, 5.41) is 9.33. The zero-order valence-electron chi connectivity index (χ0n) is 14.4. The Morgan fingerprint density at radius 2 is 1.96 bits per heavy atom. The predicted octanol–water partition coefficient (Wildman–Crippen LogP) is 2.54. The van der Waals surface area contributed by atoms with Gasteiger partial charge in [-0.1, -0.05) is 0 Å². The number of carbonyl (C=O) groups is 2. The molecule has 0 saturated heterocycles. The maximum absolute atomic E-state index is 12.0. The number of carbonyl (C=O) groups excluding carboxylic acids is 2. The van der Waals surface area contributed by atoms with Crippen molar-refractivity contribution in [2.24, 2.45) is 0 Å². The first-order chi connectivity index (χ1) is 11.8. The van der Waals surface area contributed by atoms with Crippen LogP contribution in [0.3, 0.4) is 0 Å². The molecule has 9 nitrogen and oxygen atoms in total. The second kappa shape index (κ2) is 10.1. The summed E-state index contributed by atoms with van der Waals surface area (Å²) in [6, 6.07) is 4.34. The first kappa shape index (κ1) is 20.2. The van der Waals surface area contributed by atoms with Crippen LogP contribution < -0.4 is 9.47 Å². The van der Waals surface area contributed by atoms with E-state index < -0.39 is 23.1 Å². The van der Waals surface area contributed by atoms with Crippen LogP contribution in [0.5, 0.6) is 11.5 Å². The molecule has 25 heavy (non-hydrogen) atoms. The van der Waals surface area contributed by atoms with Crippen molar-refractivity contribution in [2.45, 2.75) is 39.2 Å². The molecule has 0 spiro atoms. The molecule has 1 rings (SSSR count). The number of nitrogens with zero attached hydrogens (tertiary/aromatic N) is 1. The van der Waals surface area contributed by atoms with E-state index in [1.165, 1.54) is 32.2 Å². The minimum Gasteiger partial charge on any atom is -0.493 e. The number of hydrogen-bond donors (Lipinski definition) is 0. The average Bonchev–Trinajstić information content (AvgIpc) is 2.53. The van der Waals surface area contributed by atoms with E-state index in [1.807, 2.05) is 0 Å². The van der Waals surface area contributed by atoms with Crippen molar-refractivity contribution in [1.29, 1.82) is 0 Å². The number of unbranched alkanes of at least 4 members (excludes halogenated alkanes) is 1. The molecule has 1 aromatic rings. The Hall–Kier alpha value is -2.84. The summed E-state index contributed by atoms with van der Waals surface area (Å²) in [7, 11) is 1.39. The van der Waals surface area contributed by atoms with Crippen LogP contribution in [0.4, 0.5) is 0 Å². The zero-order valence-corrected chi connectivity index (χ0v) is 14.4. The van der Waals surface area contributed by atoms with E-state index in [2.05, 4.69) is 4.84 Å². The lowest BCUT2D eigenvalue weighted by molar-refractivity contribution is -0.767. The van der Waals surface area contributed by atoms with E-state index in [1.54, 1.807) is 6.92 Å². The van der Waals surface area contributed by atoms with Crippen LogP contribution in [0.25, 0.3) is 0 Å². The molecule has 1 aromatic carbocycles. The number of esters is 2. The van der Waals surface area contributed by atoms with Gasteiger partial charge in [-0.05, 0) is 44.4 Å². The van der Waals surface area contributed by atoms with E-state index in [0.717, 1.165) is 0 Å². The maximum atomic E-state index is 12.0. The van der Waals surface area contributed by atoms with Crippen LogP contribution in [-0.4, -0.2) is 36.8 Å². The second-order valence-corrected chi connectivity index (χ2v) is 5.23. The van der Waals surface area contributed by atoms with Gasteiger partial charge in [-0.15, -0.1) is 10.1 Å². The molecule has 0 aromatic heterocycles. The molecule has 0 amide bonds. The minimum atomic E-state index is -0.822. The van der Waals surface area contributed by atoms with Crippen LogP contribution in [0, 0.1) is 10.1 Å². The zero-order chi connectivity index (χ0) is 18.8. The van der Waals surface area contributed by atoms with Crippen molar-refractivity contribution < 1.29 is 33.7 Å². The van der Waals surface area contributed by atoms with E-state index >= 15 is 0 Å². The van der Waals surface area contributed by atoms with Crippen molar-refractivity contribution in [1.82, 2.24) is 0 Å². The summed E-state index contributed by atoms with van der Waals surface area (Å²) in [5.41, 5.74) is 0.262. The third kappa shape index (κ3) is 7.51. The molecule has 0 saturated carbocycles. The molecule has 0 bridgehead atoms. The normalized spacial score (nSPS) is 11.3. The molecule has 0 heterocycles. The summed E-state index contributed by atoms with van der Waals surface area (Å²) in [6.45, 7) is 3.04. The highest BCUT2D eigenvalue weighted by molar-refractivity contribution is 5.90. The van der Waals surface area contributed by atoms with E-state index in [-0.39, 0.29) is 23.7 Å². The average molecular weight is 355 g/mol. The number of rotatable bonds is 10. The lowest BCUT2D eigenvalue weighted by atomic mass is 10.2. The maximum Gasteiger partial charge on any atom is 0.338 e. The van der Waals surface area contributed by atoms with Crippen molar-refractivity contribution in [3.8, 4) is 11.5 Å². The van der Waals surface area contributed by atoms with Crippen LogP contribution in [0.1, 0.15) is 43.5 Å². The SMILES string of the molecule is COc1cc(C(=O)OCCCCC(C)O[N+](=O)[O-])ccc1OC(C)=O. The van der Waals surface area contributed by atoms with Gasteiger partial charge < -0.3 is 19.0 Å². The lowest BCUT2D eigenvalue weighted by Crippen LogP contribution is -2.13. The highest BCUT2D eigenvalue weighted by Crippen LogP contribution is 2.28. The van der Waals surface area contributed by atoms with Gasteiger partial charge in [0.25, 0.3) is 5.09 Å². The van der Waals surface area contributed by atoms with Gasteiger partial charge in [-0.3, -0.25) is 4.79 Å². The Morgan fingerprint density at radius 3 is 2.56 bits per heavy atom. The largest absolute Gasteiger partial charge is 0.493 e. The second-order valence-electron chi connectivity index (χ2n) is 5.23. The molecule has 0 fully saturated rings. The fourth-order valence-corrected chi connectivity index (χ4v) is 2.02. The van der Waals surface area contributed by atoms with Crippen molar-refractivity contribution >= 4 is 11.9 Å². The third-order valence-electron chi connectivity index (χ3n) is 3.16. The number of hydrogen-bond acceptors (Lipinski definition) is 8. The van der Waals surface area contributed by atoms with E-state index in [4.69, 9.17) is 14.2 Å². The third-order valence-corrected chi connectivity index (χ3v) is 3.16. The minimum absolute atomic E-state index is 0.179. The first-order valence-corrected chi connectivity index (χ1v) is 7.68. The van der Waals surface area contributed by atoms with Gasteiger partial charge in [-0.25, -0.2) is 4.79 Å². The monoisotopic (exact) mass is 355 g/mol. The Morgan fingerprint density at radius 1 is 1.24 bits per heavy atom. The molecular formula is C16H21NO8. The van der Waals surface area contributed by atoms with Crippen LogP contribution in [0.2, 0.25) is 0 Å². The van der Waals surface area contributed by atoms with Gasteiger partial charge in [0.1, 0.15) is 6.10 Å². The summed E-state index contributed by atoms with van der Waals surface area (Å²) >= 11 is 0. The van der Waals surface area contributed by atoms with Gasteiger partial charge >= 0.3 is 11.9 Å².